The molecular weight excluding hydrogens is 479 g/mol. The number of fused-ring (bicyclic) bond motifs is 1. The molecule has 0 fully saturated rings. The largest absolute Gasteiger partial charge is 1.00 e. The third-order valence-corrected chi connectivity index (χ3v) is 7.93. The molecule has 0 spiro atoms. The number of rotatable bonds is 19. The van der Waals surface area contributed by atoms with Crippen molar-refractivity contribution in [2.75, 3.05) is 0 Å². The maximum atomic E-state index is 12.1. The fourth-order valence-corrected chi connectivity index (χ4v) is 5.77. The van der Waals surface area contributed by atoms with Crippen molar-refractivity contribution >= 4 is 20.9 Å². The van der Waals surface area contributed by atoms with Gasteiger partial charge in [0, 0.05) is 5.39 Å². The van der Waals surface area contributed by atoms with Crippen molar-refractivity contribution in [2.45, 2.75) is 134 Å². The SMILES string of the molecule is CCCCCCCCCCc1ccc(S(=O)(=O)[O-])c2c(CCCCCCCCCC)cccc12.[K+]. The zero-order valence-corrected chi connectivity index (χ0v) is 26.7. The zero-order chi connectivity index (χ0) is 24.7. The van der Waals surface area contributed by atoms with E-state index in [1.165, 1.54) is 89.0 Å². The van der Waals surface area contributed by atoms with Gasteiger partial charge in [0.25, 0.3) is 0 Å². The Labute approximate surface area is 258 Å². The van der Waals surface area contributed by atoms with Gasteiger partial charge in [0.05, 0.1) is 4.90 Å². The monoisotopic (exact) mass is 526 g/mol. The molecule has 0 N–H and O–H groups in total. The third kappa shape index (κ3) is 12.6. The Kier molecular flexibility index (Phi) is 18.4. The van der Waals surface area contributed by atoms with Crippen LogP contribution in [-0.4, -0.2) is 13.0 Å². The molecule has 0 aliphatic heterocycles. The van der Waals surface area contributed by atoms with Crippen molar-refractivity contribution in [3.05, 3.63) is 41.5 Å². The van der Waals surface area contributed by atoms with Gasteiger partial charge in [-0.15, -0.1) is 0 Å². The van der Waals surface area contributed by atoms with Crippen LogP contribution >= 0.6 is 0 Å². The van der Waals surface area contributed by atoms with Crippen LogP contribution < -0.4 is 51.4 Å². The summed E-state index contributed by atoms with van der Waals surface area (Å²) in [6.07, 6.45) is 21.8. The van der Waals surface area contributed by atoms with Crippen LogP contribution in [0.1, 0.15) is 128 Å². The Hall–Kier alpha value is 0.246. The molecule has 0 bridgehead atoms. The van der Waals surface area contributed by atoms with E-state index >= 15 is 0 Å². The van der Waals surface area contributed by atoms with E-state index in [-0.39, 0.29) is 56.3 Å². The Balaban J connectivity index is 0.00000612. The molecule has 0 atom stereocenters. The van der Waals surface area contributed by atoms with E-state index in [0.29, 0.717) is 5.39 Å². The molecule has 5 heteroatoms. The Morgan fingerprint density at radius 1 is 0.600 bits per heavy atom. The first kappa shape index (κ1) is 33.3. The van der Waals surface area contributed by atoms with Gasteiger partial charge in [-0.25, -0.2) is 8.42 Å². The summed E-state index contributed by atoms with van der Waals surface area (Å²) in [5.41, 5.74) is 2.18. The molecule has 0 aliphatic carbocycles. The summed E-state index contributed by atoms with van der Waals surface area (Å²) in [7, 11) is -4.51. The molecular formula is C30H47KO3S. The first-order chi connectivity index (χ1) is 16.5. The van der Waals surface area contributed by atoms with Gasteiger partial charge in [-0.2, -0.15) is 0 Å². The maximum absolute atomic E-state index is 12.1. The number of hydrogen-bond acceptors (Lipinski definition) is 3. The maximum Gasteiger partial charge on any atom is 1.00 e. The topological polar surface area (TPSA) is 57.2 Å². The summed E-state index contributed by atoms with van der Waals surface area (Å²) >= 11 is 0. The van der Waals surface area contributed by atoms with Crippen molar-refractivity contribution in [1.29, 1.82) is 0 Å². The average Bonchev–Trinajstić information content (AvgIpc) is 2.81. The van der Waals surface area contributed by atoms with Crippen LogP contribution in [0, 0.1) is 0 Å². The van der Waals surface area contributed by atoms with Gasteiger partial charge in [0.2, 0.25) is 0 Å². The second-order valence-corrected chi connectivity index (χ2v) is 11.3. The average molecular weight is 527 g/mol. The van der Waals surface area contributed by atoms with Crippen molar-refractivity contribution in [1.82, 2.24) is 0 Å². The third-order valence-electron chi connectivity index (χ3n) is 7.05. The van der Waals surface area contributed by atoms with Crippen LogP contribution in [0.4, 0.5) is 0 Å². The van der Waals surface area contributed by atoms with Crippen LogP contribution in [-0.2, 0) is 23.0 Å². The van der Waals surface area contributed by atoms with E-state index in [4.69, 9.17) is 0 Å². The molecule has 192 valence electrons. The van der Waals surface area contributed by atoms with Crippen LogP contribution in [0.2, 0.25) is 0 Å². The second kappa shape index (κ2) is 19.3. The molecule has 0 radical (unpaired) electrons. The quantitative estimate of drug-likeness (QED) is 0.126. The van der Waals surface area contributed by atoms with E-state index in [1.54, 1.807) is 6.07 Å². The molecule has 2 aromatic carbocycles. The predicted octanol–water partition coefficient (Wildman–Crippen LogP) is 6.11. The van der Waals surface area contributed by atoms with E-state index in [1.807, 2.05) is 24.3 Å². The fraction of sp³-hybridized carbons (Fsp3) is 0.667. The number of benzene rings is 2. The molecule has 35 heavy (non-hydrogen) atoms. The number of unbranched alkanes of at least 4 members (excludes halogenated alkanes) is 14. The Morgan fingerprint density at radius 2 is 1.06 bits per heavy atom. The summed E-state index contributed by atoms with van der Waals surface area (Å²) < 4.78 is 36.2. The van der Waals surface area contributed by atoms with Crippen molar-refractivity contribution in [2.24, 2.45) is 0 Å². The van der Waals surface area contributed by atoms with E-state index in [9.17, 15) is 13.0 Å². The summed E-state index contributed by atoms with van der Waals surface area (Å²) in [6, 6.07) is 9.47. The van der Waals surface area contributed by atoms with Gasteiger partial charge in [0.1, 0.15) is 10.1 Å². The van der Waals surface area contributed by atoms with Gasteiger partial charge in [-0.05, 0) is 48.3 Å². The van der Waals surface area contributed by atoms with Gasteiger partial charge in [-0.3, -0.25) is 0 Å². The summed E-state index contributed by atoms with van der Waals surface area (Å²) in [6.45, 7) is 4.48. The number of aryl methyl sites for hydroxylation is 2. The first-order valence-electron chi connectivity index (χ1n) is 14.0. The minimum atomic E-state index is -4.51. The molecule has 0 amide bonds. The molecule has 0 unspecified atom stereocenters. The van der Waals surface area contributed by atoms with E-state index in [0.717, 1.165) is 43.1 Å². The second-order valence-electron chi connectivity index (χ2n) is 9.97. The van der Waals surface area contributed by atoms with E-state index < -0.39 is 10.1 Å². The van der Waals surface area contributed by atoms with Crippen LogP contribution in [0.25, 0.3) is 10.8 Å². The van der Waals surface area contributed by atoms with Gasteiger partial charge in [0.15, 0.2) is 0 Å². The molecule has 0 saturated heterocycles. The Morgan fingerprint density at radius 3 is 1.54 bits per heavy atom. The van der Waals surface area contributed by atoms with Gasteiger partial charge in [-0.1, -0.05) is 128 Å². The standard InChI is InChI=1S/C30H48O3S.K/c1-3-5-7-9-11-13-15-17-20-26-24-25-29(34(31,32)33)30-27(22-19-23-28(26)30)21-18-16-14-12-10-8-6-4-2;/h19,22-25H,3-18,20-21H2,1-2H3,(H,31,32,33);/q;+1/p-1. The Bertz CT molecular complexity index is 940. The number of hydrogen-bond donors (Lipinski definition) is 0. The van der Waals surface area contributed by atoms with Crippen molar-refractivity contribution in [3.63, 3.8) is 0 Å². The molecule has 0 heterocycles. The molecule has 0 aromatic heterocycles. The first-order valence-corrected chi connectivity index (χ1v) is 15.4. The zero-order valence-electron chi connectivity index (χ0n) is 22.7. The van der Waals surface area contributed by atoms with Crippen molar-refractivity contribution < 1.29 is 64.4 Å². The predicted molar refractivity (Wildman–Crippen MR) is 145 cm³/mol. The van der Waals surface area contributed by atoms with Crippen LogP contribution in [0.3, 0.4) is 0 Å². The van der Waals surface area contributed by atoms with Crippen molar-refractivity contribution in [3.8, 4) is 0 Å². The van der Waals surface area contributed by atoms with Crippen LogP contribution in [0.15, 0.2) is 35.2 Å². The summed E-state index contributed by atoms with van der Waals surface area (Å²) in [4.78, 5) is -0.0441. The normalized spacial score (nSPS) is 11.6. The smallest absolute Gasteiger partial charge is 0.744 e. The van der Waals surface area contributed by atoms with Gasteiger partial charge < -0.3 is 4.55 Å². The molecule has 2 rings (SSSR count). The van der Waals surface area contributed by atoms with Crippen LogP contribution in [0.5, 0.6) is 0 Å². The summed E-state index contributed by atoms with van der Waals surface area (Å²) in [5.74, 6) is 0. The minimum absolute atomic E-state index is 0. The molecule has 0 aliphatic rings. The summed E-state index contributed by atoms with van der Waals surface area (Å²) in [5, 5.41) is 1.63. The molecule has 0 saturated carbocycles. The minimum Gasteiger partial charge on any atom is -0.744 e. The fourth-order valence-electron chi connectivity index (χ4n) is 5.04. The van der Waals surface area contributed by atoms with Gasteiger partial charge >= 0.3 is 51.4 Å². The molecule has 2 aromatic rings. The molecule has 3 nitrogen and oxygen atoms in total. The van der Waals surface area contributed by atoms with E-state index in [2.05, 4.69) is 13.8 Å².